The van der Waals surface area contributed by atoms with Crippen molar-refractivity contribution < 1.29 is 9.59 Å². The van der Waals surface area contributed by atoms with Crippen molar-refractivity contribution in [3.8, 4) is 0 Å². The van der Waals surface area contributed by atoms with Crippen LogP contribution < -0.4 is 0 Å². The fourth-order valence-corrected chi connectivity index (χ4v) is 4.28. The Labute approximate surface area is 164 Å². The minimum absolute atomic E-state index is 0.00609. The van der Waals surface area contributed by atoms with Gasteiger partial charge in [0.2, 0.25) is 5.91 Å². The summed E-state index contributed by atoms with van der Waals surface area (Å²) in [5.41, 5.74) is 1.55. The first-order chi connectivity index (χ1) is 13.5. The molecule has 0 bridgehead atoms. The van der Waals surface area contributed by atoms with Gasteiger partial charge < -0.3 is 14.4 Å². The van der Waals surface area contributed by atoms with Crippen LogP contribution in [0, 0.1) is 6.92 Å². The van der Waals surface area contributed by atoms with Gasteiger partial charge in [0.05, 0.1) is 18.3 Å². The molecule has 4 heterocycles. The van der Waals surface area contributed by atoms with Gasteiger partial charge in [-0.3, -0.25) is 14.3 Å². The Morgan fingerprint density at radius 2 is 2.00 bits per heavy atom. The van der Waals surface area contributed by atoms with Crippen LogP contribution in [0.4, 0.5) is 0 Å². The van der Waals surface area contributed by atoms with Crippen molar-refractivity contribution in [2.75, 3.05) is 19.6 Å². The van der Waals surface area contributed by atoms with Crippen molar-refractivity contribution in [1.82, 2.24) is 34.3 Å². The number of likely N-dealkylation sites (tertiary alicyclic amines) is 1. The van der Waals surface area contributed by atoms with Crippen molar-refractivity contribution in [1.29, 1.82) is 0 Å². The van der Waals surface area contributed by atoms with Gasteiger partial charge in [0.1, 0.15) is 5.82 Å². The first kappa shape index (κ1) is 18.6. The Hall–Kier alpha value is -2.71. The van der Waals surface area contributed by atoms with E-state index >= 15 is 0 Å². The van der Waals surface area contributed by atoms with E-state index in [9.17, 15) is 9.59 Å². The lowest BCUT2D eigenvalue weighted by Gasteiger charge is -2.33. The summed E-state index contributed by atoms with van der Waals surface area (Å²) in [5, 5.41) is 13.1. The van der Waals surface area contributed by atoms with Crippen molar-refractivity contribution in [3.05, 3.63) is 29.1 Å². The Balaban J connectivity index is 1.50. The van der Waals surface area contributed by atoms with Crippen LogP contribution >= 0.6 is 0 Å². The minimum Gasteiger partial charge on any atom is -0.342 e. The molecule has 2 aromatic heterocycles. The maximum absolute atomic E-state index is 13.0. The van der Waals surface area contributed by atoms with E-state index in [1.54, 1.807) is 13.1 Å². The van der Waals surface area contributed by atoms with Gasteiger partial charge in [-0.1, -0.05) is 0 Å². The number of carbonyl (C=O) groups is 2. The van der Waals surface area contributed by atoms with Crippen molar-refractivity contribution in [3.63, 3.8) is 0 Å². The molecule has 9 heteroatoms. The van der Waals surface area contributed by atoms with Crippen LogP contribution in [0.1, 0.15) is 60.3 Å². The number of aryl methyl sites for hydroxylation is 1. The lowest BCUT2D eigenvalue weighted by atomic mass is 9.97. The van der Waals surface area contributed by atoms with E-state index < -0.39 is 0 Å². The number of carbonyl (C=O) groups excluding carboxylic acids is 2. The Bertz CT molecular complexity index is 900. The van der Waals surface area contributed by atoms with Gasteiger partial charge in [-0.15, -0.1) is 10.2 Å². The van der Waals surface area contributed by atoms with E-state index in [4.69, 9.17) is 0 Å². The van der Waals surface area contributed by atoms with E-state index in [2.05, 4.69) is 19.9 Å². The van der Waals surface area contributed by atoms with E-state index in [1.165, 1.54) is 0 Å². The predicted octanol–water partition coefficient (Wildman–Crippen LogP) is 1.18. The molecule has 150 valence electrons. The molecule has 0 radical (unpaired) electrons. The highest BCUT2D eigenvalue weighted by Gasteiger charge is 2.31. The SMILES string of the molecule is CCn1ncc(C(=O)N2CCn3c(nnc3C3CCCN(C(C)=O)C3)C2)c1C. The Morgan fingerprint density at radius 1 is 1.18 bits per heavy atom. The molecule has 1 fully saturated rings. The van der Waals surface area contributed by atoms with Crippen LogP contribution in [0.2, 0.25) is 0 Å². The maximum atomic E-state index is 13.0. The predicted molar refractivity (Wildman–Crippen MR) is 102 cm³/mol. The zero-order chi connectivity index (χ0) is 19.8. The molecule has 0 spiro atoms. The minimum atomic E-state index is -0.00609. The summed E-state index contributed by atoms with van der Waals surface area (Å²) in [4.78, 5) is 28.4. The number of hydrogen-bond donors (Lipinski definition) is 0. The lowest BCUT2D eigenvalue weighted by Crippen LogP contribution is -2.41. The number of amides is 2. The molecule has 0 aliphatic carbocycles. The highest BCUT2D eigenvalue weighted by atomic mass is 16.2. The standard InChI is InChI=1S/C19H27N7O2/c1-4-26-13(2)16(10-20-26)19(28)24-8-9-25-17(12-24)21-22-18(25)15-6-5-7-23(11-15)14(3)27/h10,15H,4-9,11-12H2,1-3H3. The zero-order valence-electron chi connectivity index (χ0n) is 16.8. The third-order valence-electron chi connectivity index (χ3n) is 5.93. The largest absolute Gasteiger partial charge is 0.342 e. The Morgan fingerprint density at radius 3 is 2.71 bits per heavy atom. The maximum Gasteiger partial charge on any atom is 0.257 e. The summed E-state index contributed by atoms with van der Waals surface area (Å²) in [6.07, 6.45) is 3.65. The molecule has 0 saturated carbocycles. The molecule has 2 aromatic rings. The molecule has 2 amide bonds. The van der Waals surface area contributed by atoms with Gasteiger partial charge in [0, 0.05) is 51.3 Å². The number of aromatic nitrogens is 5. The number of rotatable bonds is 3. The summed E-state index contributed by atoms with van der Waals surface area (Å²) in [6, 6.07) is 0. The van der Waals surface area contributed by atoms with E-state index in [1.807, 2.05) is 28.3 Å². The van der Waals surface area contributed by atoms with Gasteiger partial charge in [0.25, 0.3) is 5.91 Å². The molecule has 0 aromatic carbocycles. The van der Waals surface area contributed by atoms with Gasteiger partial charge >= 0.3 is 0 Å². The molecule has 2 aliphatic rings. The normalized spacial score (nSPS) is 19.6. The summed E-state index contributed by atoms with van der Waals surface area (Å²) < 4.78 is 3.97. The first-order valence-corrected chi connectivity index (χ1v) is 9.98. The average molecular weight is 385 g/mol. The van der Waals surface area contributed by atoms with Crippen LogP contribution in [-0.4, -0.2) is 65.8 Å². The van der Waals surface area contributed by atoms with Crippen molar-refractivity contribution in [2.45, 2.75) is 59.2 Å². The smallest absolute Gasteiger partial charge is 0.257 e. The topological polar surface area (TPSA) is 89.2 Å². The van der Waals surface area contributed by atoms with Crippen LogP contribution in [0.5, 0.6) is 0 Å². The third kappa shape index (κ3) is 3.18. The Kier molecular flexibility index (Phi) is 4.91. The van der Waals surface area contributed by atoms with E-state index in [0.717, 1.165) is 43.3 Å². The molecule has 9 nitrogen and oxygen atoms in total. The van der Waals surface area contributed by atoms with Crippen LogP contribution in [0.15, 0.2) is 6.20 Å². The average Bonchev–Trinajstić information content (AvgIpc) is 3.30. The molecule has 4 rings (SSSR count). The van der Waals surface area contributed by atoms with Gasteiger partial charge in [0.15, 0.2) is 5.82 Å². The molecule has 1 saturated heterocycles. The number of fused-ring (bicyclic) bond motifs is 1. The fourth-order valence-electron chi connectivity index (χ4n) is 4.28. The molecule has 0 N–H and O–H groups in total. The molecular formula is C19H27N7O2. The zero-order valence-corrected chi connectivity index (χ0v) is 16.8. The van der Waals surface area contributed by atoms with Gasteiger partial charge in [-0.25, -0.2) is 0 Å². The molecule has 1 unspecified atom stereocenters. The fraction of sp³-hybridized carbons (Fsp3) is 0.632. The molecular weight excluding hydrogens is 358 g/mol. The second-order valence-corrected chi connectivity index (χ2v) is 7.62. The highest BCUT2D eigenvalue weighted by molar-refractivity contribution is 5.95. The second-order valence-electron chi connectivity index (χ2n) is 7.62. The summed E-state index contributed by atoms with van der Waals surface area (Å²) in [7, 11) is 0. The van der Waals surface area contributed by atoms with Gasteiger partial charge in [-0.2, -0.15) is 5.10 Å². The first-order valence-electron chi connectivity index (χ1n) is 9.98. The summed E-state index contributed by atoms with van der Waals surface area (Å²) >= 11 is 0. The highest BCUT2D eigenvalue weighted by Crippen LogP contribution is 2.28. The van der Waals surface area contributed by atoms with Gasteiger partial charge in [-0.05, 0) is 26.7 Å². The third-order valence-corrected chi connectivity index (χ3v) is 5.93. The summed E-state index contributed by atoms with van der Waals surface area (Å²) in [5.74, 6) is 2.08. The second kappa shape index (κ2) is 7.37. The number of hydrogen-bond acceptors (Lipinski definition) is 5. The molecule has 2 aliphatic heterocycles. The molecule has 28 heavy (non-hydrogen) atoms. The van der Waals surface area contributed by atoms with E-state index in [-0.39, 0.29) is 17.7 Å². The van der Waals surface area contributed by atoms with Crippen LogP contribution in [-0.2, 0) is 24.4 Å². The number of nitrogens with zero attached hydrogens (tertiary/aromatic N) is 7. The molecule has 1 atom stereocenters. The summed E-state index contributed by atoms with van der Waals surface area (Å²) in [6.45, 7) is 9.58. The number of piperidine rings is 1. The van der Waals surface area contributed by atoms with Crippen molar-refractivity contribution in [2.24, 2.45) is 0 Å². The van der Waals surface area contributed by atoms with Crippen LogP contribution in [0.3, 0.4) is 0 Å². The quantitative estimate of drug-likeness (QED) is 0.792. The van der Waals surface area contributed by atoms with E-state index in [0.29, 0.717) is 31.7 Å². The lowest BCUT2D eigenvalue weighted by molar-refractivity contribution is -0.130. The van der Waals surface area contributed by atoms with Crippen molar-refractivity contribution >= 4 is 11.8 Å². The van der Waals surface area contributed by atoms with Crippen LogP contribution in [0.25, 0.3) is 0 Å². The monoisotopic (exact) mass is 385 g/mol.